The predicted molar refractivity (Wildman–Crippen MR) is 61.1 cm³/mol. The Hall–Kier alpha value is -1.07. The zero-order chi connectivity index (χ0) is 11.6. The molecule has 1 rings (SSSR count). The summed E-state index contributed by atoms with van der Waals surface area (Å²) in [5, 5.41) is 8.31. The Morgan fingerprint density at radius 3 is 2.38 bits per heavy atom. The van der Waals surface area contributed by atoms with E-state index in [0.717, 1.165) is 6.07 Å². The zero-order valence-electron chi connectivity index (χ0n) is 8.03. The number of benzene rings is 1. The van der Waals surface area contributed by atoms with Gasteiger partial charge in [0.15, 0.2) is 0 Å². The lowest BCUT2D eigenvalue weighted by molar-refractivity contribution is -0.136. The van der Waals surface area contributed by atoms with Crippen molar-refractivity contribution in [2.45, 2.75) is 6.42 Å². The second-order valence-electron chi connectivity index (χ2n) is 3.00. The van der Waals surface area contributed by atoms with Crippen molar-refractivity contribution in [3.8, 4) is 0 Å². The van der Waals surface area contributed by atoms with Crippen molar-refractivity contribution < 1.29 is 24.3 Å². The van der Waals surface area contributed by atoms with Crippen molar-refractivity contribution in [1.29, 1.82) is 0 Å². The van der Waals surface area contributed by atoms with Gasteiger partial charge in [-0.1, -0.05) is 0 Å². The number of halogens is 1. The van der Waals surface area contributed by atoms with E-state index in [-0.39, 0.29) is 35.4 Å². The second kappa shape index (κ2) is 5.32. The van der Waals surface area contributed by atoms with Gasteiger partial charge < -0.3 is 20.6 Å². The molecule has 0 fully saturated rings. The van der Waals surface area contributed by atoms with E-state index in [2.05, 4.69) is 0 Å². The van der Waals surface area contributed by atoms with E-state index in [1.165, 1.54) is 12.1 Å². The molecule has 5 N–H and O–H groups in total. The lowest BCUT2D eigenvalue weighted by Crippen LogP contribution is -2.10. The summed E-state index contributed by atoms with van der Waals surface area (Å²) in [6.07, 6.45) is -0.361. The first-order chi connectivity index (χ1) is 6.80. The summed E-state index contributed by atoms with van der Waals surface area (Å²) in [4.78, 5) is 28.2. The third-order valence-corrected chi connectivity index (χ3v) is 2.76. The fourth-order valence-electron chi connectivity index (χ4n) is 1.09. The van der Waals surface area contributed by atoms with Gasteiger partial charge in [-0.15, -0.1) is 12.4 Å². The van der Waals surface area contributed by atoms with Gasteiger partial charge in [0.2, 0.25) is 0 Å². The molecule has 0 aliphatic carbocycles. The second-order valence-corrected chi connectivity index (χ2v) is 4.60. The maximum absolute atomic E-state index is 10.9. The summed E-state index contributed by atoms with van der Waals surface area (Å²) in [6.45, 7) is 0. The Balaban J connectivity index is 0.00000225. The van der Waals surface area contributed by atoms with Crippen LogP contribution in [0.3, 0.4) is 0 Å². The Bertz CT molecular complexity index is 444. The van der Waals surface area contributed by atoms with Crippen LogP contribution in [0, 0.1) is 0 Å². The van der Waals surface area contributed by atoms with E-state index in [9.17, 15) is 9.36 Å². The number of carboxylic acid groups (broad SMARTS) is 1. The average Bonchev–Trinajstić information content (AvgIpc) is 2.06. The monoisotopic (exact) mass is 267 g/mol. The van der Waals surface area contributed by atoms with Crippen LogP contribution in [0.15, 0.2) is 18.2 Å². The molecule has 16 heavy (non-hydrogen) atoms. The molecule has 0 aromatic heterocycles. The highest BCUT2D eigenvalue weighted by Gasteiger charge is 2.18. The molecule has 0 spiro atoms. The molecule has 0 atom stereocenters. The van der Waals surface area contributed by atoms with Crippen LogP contribution in [0.4, 0.5) is 5.69 Å². The van der Waals surface area contributed by atoms with Crippen LogP contribution in [0.25, 0.3) is 0 Å². The van der Waals surface area contributed by atoms with Crippen LogP contribution in [-0.2, 0) is 15.8 Å². The fourth-order valence-corrected chi connectivity index (χ4v) is 1.68. The summed E-state index contributed by atoms with van der Waals surface area (Å²) in [5.74, 6) is -1.11. The number of aliphatic carboxylic acids is 1. The van der Waals surface area contributed by atoms with E-state index in [1.807, 2.05) is 0 Å². The first-order valence-corrected chi connectivity index (χ1v) is 5.58. The van der Waals surface area contributed by atoms with Gasteiger partial charge in [0.1, 0.15) is 0 Å². The first-order valence-electron chi connectivity index (χ1n) is 3.97. The molecule has 0 aliphatic heterocycles. The highest BCUT2D eigenvalue weighted by atomic mass is 35.5. The topological polar surface area (TPSA) is 121 Å². The molecule has 0 unspecified atom stereocenters. The van der Waals surface area contributed by atoms with E-state index in [4.69, 9.17) is 20.6 Å². The predicted octanol–water partition coefficient (Wildman–Crippen LogP) is 0.121. The van der Waals surface area contributed by atoms with Gasteiger partial charge in [0, 0.05) is 5.69 Å². The summed E-state index contributed by atoms with van der Waals surface area (Å²) >= 11 is 0. The van der Waals surface area contributed by atoms with Gasteiger partial charge in [-0.05, 0) is 23.8 Å². The number of carbonyl (C=O) groups is 1. The molecule has 1 aromatic carbocycles. The van der Waals surface area contributed by atoms with Crippen molar-refractivity contribution in [3.63, 3.8) is 0 Å². The Kier molecular flexibility index (Phi) is 4.96. The molecular weight excluding hydrogens is 257 g/mol. The first kappa shape index (κ1) is 14.9. The normalized spacial score (nSPS) is 10.6. The summed E-state index contributed by atoms with van der Waals surface area (Å²) in [6, 6.07) is 3.58. The summed E-state index contributed by atoms with van der Waals surface area (Å²) in [7, 11) is -4.36. The van der Waals surface area contributed by atoms with E-state index in [1.54, 1.807) is 0 Å². The molecule has 0 amide bonds. The molecule has 0 bridgehead atoms. The van der Waals surface area contributed by atoms with Gasteiger partial charge in [-0.3, -0.25) is 9.36 Å². The lowest BCUT2D eigenvalue weighted by Gasteiger charge is -2.07. The van der Waals surface area contributed by atoms with Gasteiger partial charge in [0.25, 0.3) is 0 Å². The van der Waals surface area contributed by atoms with Crippen LogP contribution in [-0.4, -0.2) is 20.9 Å². The van der Waals surface area contributed by atoms with E-state index in [0.29, 0.717) is 0 Å². The number of nitrogens with two attached hydrogens (primary N) is 1. The minimum atomic E-state index is -4.36. The van der Waals surface area contributed by atoms with Crippen LogP contribution in [0.2, 0.25) is 0 Å². The number of anilines is 1. The smallest absolute Gasteiger partial charge is 0.356 e. The molecule has 0 aliphatic rings. The van der Waals surface area contributed by atoms with Gasteiger partial charge >= 0.3 is 13.6 Å². The van der Waals surface area contributed by atoms with Crippen LogP contribution in [0.1, 0.15) is 5.56 Å². The van der Waals surface area contributed by atoms with Crippen molar-refractivity contribution in [2.24, 2.45) is 0 Å². The minimum absolute atomic E-state index is 0. The van der Waals surface area contributed by atoms with Crippen molar-refractivity contribution >= 4 is 37.0 Å². The quantitative estimate of drug-likeness (QED) is 0.456. The minimum Gasteiger partial charge on any atom is -0.481 e. The molecule has 0 saturated heterocycles. The molecule has 0 radical (unpaired) electrons. The Morgan fingerprint density at radius 1 is 1.38 bits per heavy atom. The highest BCUT2D eigenvalue weighted by molar-refractivity contribution is 7.60. The summed E-state index contributed by atoms with van der Waals surface area (Å²) < 4.78 is 10.9. The Labute approximate surface area is 97.7 Å². The number of carboxylic acids is 1. The molecule has 8 heteroatoms. The molecule has 90 valence electrons. The number of hydrogen-bond donors (Lipinski definition) is 4. The maximum Gasteiger partial charge on any atom is 0.356 e. The standard InChI is InChI=1S/C8H10NO5P.ClH/c9-7-2-1-6(15(12,13)14)3-5(7)4-8(10)11;/h1-3H,4,9H2,(H,10,11)(H2,12,13,14);1H. The maximum atomic E-state index is 10.9. The number of rotatable bonds is 3. The zero-order valence-corrected chi connectivity index (χ0v) is 9.74. The van der Waals surface area contributed by atoms with Crippen molar-refractivity contribution in [2.75, 3.05) is 5.73 Å². The fraction of sp³-hybridized carbons (Fsp3) is 0.125. The van der Waals surface area contributed by atoms with E-state index < -0.39 is 13.6 Å². The average molecular weight is 268 g/mol. The summed E-state index contributed by atoms with van der Waals surface area (Å²) in [5.41, 5.74) is 5.87. The molecule has 6 nitrogen and oxygen atoms in total. The number of hydrogen-bond acceptors (Lipinski definition) is 3. The highest BCUT2D eigenvalue weighted by Crippen LogP contribution is 2.33. The third-order valence-electron chi connectivity index (χ3n) is 1.80. The van der Waals surface area contributed by atoms with Crippen LogP contribution >= 0.6 is 20.0 Å². The van der Waals surface area contributed by atoms with Gasteiger partial charge in [0.05, 0.1) is 11.7 Å². The molecule has 0 saturated carbocycles. The number of nitrogen functional groups attached to an aromatic ring is 1. The lowest BCUT2D eigenvalue weighted by atomic mass is 10.1. The molecule has 1 aromatic rings. The SMILES string of the molecule is Cl.Nc1ccc(P(=O)(O)O)cc1CC(=O)O. The Morgan fingerprint density at radius 2 is 1.94 bits per heavy atom. The van der Waals surface area contributed by atoms with Gasteiger partial charge in [-0.25, -0.2) is 0 Å². The van der Waals surface area contributed by atoms with Gasteiger partial charge in [-0.2, -0.15) is 0 Å². The third kappa shape index (κ3) is 3.83. The van der Waals surface area contributed by atoms with Crippen molar-refractivity contribution in [1.82, 2.24) is 0 Å². The van der Waals surface area contributed by atoms with Crippen molar-refractivity contribution in [3.05, 3.63) is 23.8 Å². The van der Waals surface area contributed by atoms with E-state index >= 15 is 0 Å². The molecule has 0 heterocycles. The van der Waals surface area contributed by atoms with Crippen LogP contribution in [0.5, 0.6) is 0 Å². The molecular formula is C8H11ClNO5P. The van der Waals surface area contributed by atoms with Crippen LogP contribution < -0.4 is 11.0 Å². The largest absolute Gasteiger partial charge is 0.481 e.